The van der Waals surface area contributed by atoms with E-state index in [2.05, 4.69) is 9.80 Å². The molecule has 0 aromatic heterocycles. The summed E-state index contributed by atoms with van der Waals surface area (Å²) in [5.41, 5.74) is 1.08. The molecular weight excluding hydrogens is 394 g/mol. The van der Waals surface area contributed by atoms with Crippen LogP contribution < -0.4 is 4.90 Å². The zero-order chi connectivity index (χ0) is 17.6. The second-order valence-corrected chi connectivity index (χ2v) is 7.66. The fourth-order valence-electron chi connectivity index (χ4n) is 2.95. The number of aliphatic hydroxyl groups excluding tert-OH is 1. The number of anilines is 1. The van der Waals surface area contributed by atoms with E-state index in [0.29, 0.717) is 12.3 Å². The second kappa shape index (κ2) is 10.4. The predicted molar refractivity (Wildman–Crippen MR) is 110 cm³/mol. The molecule has 3 rings (SSSR count). The van der Waals surface area contributed by atoms with Gasteiger partial charge < -0.3 is 10.0 Å². The van der Waals surface area contributed by atoms with Crippen molar-refractivity contribution in [2.45, 2.75) is 11.0 Å². The van der Waals surface area contributed by atoms with E-state index in [-0.39, 0.29) is 18.2 Å². The number of hydrogen-bond donors (Lipinski definition) is 1. The molecule has 7 heteroatoms. The minimum atomic E-state index is -0.401. The number of β-amino-alcohol motifs (C(OH)–C–C–N with tert-alkyl or cyclic N) is 1. The Kier molecular flexibility index (Phi) is 8.51. The van der Waals surface area contributed by atoms with Gasteiger partial charge in [0.1, 0.15) is 5.82 Å². The van der Waals surface area contributed by atoms with Crippen molar-refractivity contribution >= 4 is 41.5 Å². The number of halogens is 3. The minimum absolute atomic E-state index is 0. The van der Waals surface area contributed by atoms with E-state index in [9.17, 15) is 9.50 Å². The van der Waals surface area contributed by atoms with E-state index < -0.39 is 6.10 Å². The van der Waals surface area contributed by atoms with Gasteiger partial charge in [-0.1, -0.05) is 23.7 Å². The van der Waals surface area contributed by atoms with Gasteiger partial charge in [-0.15, -0.1) is 24.2 Å². The summed E-state index contributed by atoms with van der Waals surface area (Å²) in [6.45, 7) is 4.28. The molecule has 0 bridgehead atoms. The molecule has 1 atom stereocenters. The normalized spacial score (nSPS) is 16.2. The largest absolute Gasteiger partial charge is 0.391 e. The lowest BCUT2D eigenvalue weighted by Gasteiger charge is -2.37. The fourth-order valence-corrected chi connectivity index (χ4v) is 4.03. The Bertz CT molecular complexity index is 681. The number of hydrogen-bond acceptors (Lipinski definition) is 4. The zero-order valence-electron chi connectivity index (χ0n) is 14.4. The highest BCUT2D eigenvalue weighted by Crippen LogP contribution is 2.26. The molecule has 1 aliphatic rings. The number of thioether (sulfide) groups is 1. The molecule has 1 saturated heterocycles. The fraction of sp³-hybridized carbons (Fsp3) is 0.368. The van der Waals surface area contributed by atoms with Crippen molar-refractivity contribution in [3.8, 4) is 0 Å². The smallest absolute Gasteiger partial charge is 0.123 e. The van der Waals surface area contributed by atoms with Crippen molar-refractivity contribution in [2.75, 3.05) is 43.4 Å². The van der Waals surface area contributed by atoms with Gasteiger partial charge in [0.25, 0.3) is 0 Å². The number of nitrogens with zero attached hydrogens (tertiary/aromatic N) is 2. The van der Waals surface area contributed by atoms with Gasteiger partial charge in [0.15, 0.2) is 0 Å². The molecule has 1 aliphatic heterocycles. The highest BCUT2D eigenvalue weighted by Gasteiger charge is 2.20. The van der Waals surface area contributed by atoms with Crippen LogP contribution in [-0.2, 0) is 0 Å². The molecule has 1 N–H and O–H groups in total. The van der Waals surface area contributed by atoms with Gasteiger partial charge in [-0.25, -0.2) is 4.39 Å². The van der Waals surface area contributed by atoms with Gasteiger partial charge in [0.05, 0.1) is 16.8 Å². The van der Waals surface area contributed by atoms with Crippen molar-refractivity contribution in [1.82, 2.24) is 4.90 Å². The lowest BCUT2D eigenvalue weighted by molar-refractivity contribution is 0.126. The van der Waals surface area contributed by atoms with E-state index in [1.165, 1.54) is 12.1 Å². The van der Waals surface area contributed by atoms with Crippen LogP contribution in [0.15, 0.2) is 53.4 Å². The highest BCUT2D eigenvalue weighted by atomic mass is 35.5. The van der Waals surface area contributed by atoms with Gasteiger partial charge in [-0.3, -0.25) is 4.90 Å². The first kappa shape index (κ1) is 21.3. The molecule has 2 aromatic carbocycles. The van der Waals surface area contributed by atoms with Crippen LogP contribution in [0, 0.1) is 5.82 Å². The summed E-state index contributed by atoms with van der Waals surface area (Å²) in [6, 6.07) is 14.3. The summed E-state index contributed by atoms with van der Waals surface area (Å²) >= 11 is 7.82. The third-order valence-corrected chi connectivity index (χ3v) is 5.77. The van der Waals surface area contributed by atoms with E-state index in [4.69, 9.17) is 11.6 Å². The Labute approximate surface area is 169 Å². The van der Waals surface area contributed by atoms with Crippen LogP contribution in [0.1, 0.15) is 0 Å². The Morgan fingerprint density at radius 2 is 1.69 bits per heavy atom. The Morgan fingerprint density at radius 1 is 1.04 bits per heavy atom. The third-order valence-electron chi connectivity index (χ3n) is 4.29. The average Bonchev–Trinajstić information content (AvgIpc) is 2.62. The lowest BCUT2D eigenvalue weighted by atomic mass is 10.2. The molecular formula is C19H23Cl2FN2OS. The third kappa shape index (κ3) is 6.03. The van der Waals surface area contributed by atoms with Crippen LogP contribution in [0.3, 0.4) is 0 Å². The summed E-state index contributed by atoms with van der Waals surface area (Å²) in [7, 11) is 0. The molecule has 26 heavy (non-hydrogen) atoms. The number of aliphatic hydroxyl groups is 1. The summed E-state index contributed by atoms with van der Waals surface area (Å²) in [4.78, 5) is 5.55. The molecule has 1 fully saturated rings. The number of rotatable bonds is 6. The first-order valence-corrected chi connectivity index (χ1v) is 9.76. The monoisotopic (exact) mass is 416 g/mol. The Hall–Kier alpha value is -0.980. The van der Waals surface area contributed by atoms with Gasteiger partial charge in [0, 0.05) is 43.4 Å². The summed E-state index contributed by atoms with van der Waals surface area (Å²) < 4.78 is 12.9. The van der Waals surface area contributed by atoms with Crippen LogP contribution in [0.4, 0.5) is 10.1 Å². The summed E-state index contributed by atoms with van der Waals surface area (Å²) in [5.74, 6) is 0.373. The van der Waals surface area contributed by atoms with Crippen LogP contribution >= 0.6 is 35.8 Å². The molecule has 1 heterocycles. The lowest BCUT2D eigenvalue weighted by Crippen LogP contribution is -2.49. The van der Waals surface area contributed by atoms with Crippen LogP contribution in [0.25, 0.3) is 0 Å². The van der Waals surface area contributed by atoms with Gasteiger partial charge in [-0.2, -0.15) is 0 Å². The molecule has 1 unspecified atom stereocenters. The number of para-hydroxylation sites is 1. The molecule has 0 saturated carbocycles. The zero-order valence-corrected chi connectivity index (χ0v) is 16.7. The SMILES string of the molecule is Cl.OC(CSc1ccc(F)cc1)CN1CCN(c2ccccc2Cl)CC1. The summed E-state index contributed by atoms with van der Waals surface area (Å²) in [5, 5.41) is 11.1. The van der Waals surface area contributed by atoms with E-state index in [0.717, 1.165) is 41.8 Å². The minimum Gasteiger partial charge on any atom is -0.391 e. The standard InChI is InChI=1S/C19H22ClFN2OS.ClH/c20-18-3-1-2-4-19(18)23-11-9-22(10-12-23)13-16(24)14-25-17-7-5-15(21)6-8-17;/h1-8,16,24H,9-14H2;1H. The van der Waals surface area contributed by atoms with Crippen LogP contribution in [0.5, 0.6) is 0 Å². The van der Waals surface area contributed by atoms with Crippen molar-refractivity contribution < 1.29 is 9.50 Å². The molecule has 0 radical (unpaired) electrons. The maximum absolute atomic E-state index is 12.9. The second-order valence-electron chi connectivity index (χ2n) is 6.16. The predicted octanol–water partition coefficient (Wildman–Crippen LogP) is 4.18. The first-order chi connectivity index (χ1) is 12.1. The Balaban J connectivity index is 0.00000243. The van der Waals surface area contributed by atoms with Crippen molar-refractivity contribution in [2.24, 2.45) is 0 Å². The molecule has 3 nitrogen and oxygen atoms in total. The van der Waals surface area contributed by atoms with E-state index >= 15 is 0 Å². The van der Waals surface area contributed by atoms with E-state index in [1.807, 2.05) is 24.3 Å². The van der Waals surface area contributed by atoms with Crippen molar-refractivity contribution in [3.05, 3.63) is 59.4 Å². The quantitative estimate of drug-likeness (QED) is 0.714. The van der Waals surface area contributed by atoms with Crippen LogP contribution in [-0.4, -0.2) is 54.6 Å². The topological polar surface area (TPSA) is 26.7 Å². The van der Waals surface area contributed by atoms with Crippen molar-refractivity contribution in [1.29, 1.82) is 0 Å². The van der Waals surface area contributed by atoms with Gasteiger partial charge >= 0.3 is 0 Å². The number of benzene rings is 2. The number of piperazine rings is 1. The van der Waals surface area contributed by atoms with Gasteiger partial charge in [-0.05, 0) is 36.4 Å². The summed E-state index contributed by atoms with van der Waals surface area (Å²) in [6.07, 6.45) is -0.401. The molecule has 0 aliphatic carbocycles. The van der Waals surface area contributed by atoms with Crippen molar-refractivity contribution in [3.63, 3.8) is 0 Å². The van der Waals surface area contributed by atoms with Crippen LogP contribution in [0.2, 0.25) is 5.02 Å². The maximum Gasteiger partial charge on any atom is 0.123 e. The highest BCUT2D eigenvalue weighted by molar-refractivity contribution is 7.99. The molecule has 142 valence electrons. The van der Waals surface area contributed by atoms with E-state index in [1.54, 1.807) is 23.9 Å². The first-order valence-electron chi connectivity index (χ1n) is 8.40. The molecule has 2 aromatic rings. The van der Waals surface area contributed by atoms with Gasteiger partial charge in [0.2, 0.25) is 0 Å². The maximum atomic E-state index is 12.9. The molecule has 0 spiro atoms. The average molecular weight is 417 g/mol. The molecule has 0 amide bonds. The Morgan fingerprint density at radius 3 is 2.35 bits per heavy atom.